The van der Waals surface area contributed by atoms with Crippen molar-refractivity contribution in [3.05, 3.63) is 108 Å². The summed E-state index contributed by atoms with van der Waals surface area (Å²) in [5.41, 5.74) is 7.79. The van der Waals surface area contributed by atoms with E-state index in [2.05, 4.69) is 31.0 Å². The first-order chi connectivity index (χ1) is 28.6. The first kappa shape index (κ1) is 39.8. The van der Waals surface area contributed by atoms with Gasteiger partial charge in [-0.05, 0) is 61.4 Å². The molecular weight excluding hydrogens is 766 g/mol. The molecule has 19 nitrogen and oxygen atoms in total. The number of ketones is 1. The van der Waals surface area contributed by atoms with E-state index in [0.717, 1.165) is 4.90 Å². The number of hydrogen-bond acceptors (Lipinski definition) is 14. The van der Waals surface area contributed by atoms with Crippen LogP contribution >= 0.6 is 0 Å². The average molecular weight is 804 g/mol. The molecular formula is C40H37N9O10. The summed E-state index contributed by atoms with van der Waals surface area (Å²) in [6.07, 6.45) is 6.57. The highest BCUT2D eigenvalue weighted by molar-refractivity contribution is 6.25. The summed E-state index contributed by atoms with van der Waals surface area (Å²) in [4.78, 5) is 97.1. The number of nitrogens with one attached hydrogen (secondary N) is 3. The fourth-order valence-electron chi connectivity index (χ4n) is 6.49. The summed E-state index contributed by atoms with van der Waals surface area (Å²) in [6, 6.07) is 13.7. The number of oxazole rings is 1. The van der Waals surface area contributed by atoms with Crippen molar-refractivity contribution in [1.29, 1.82) is 0 Å². The van der Waals surface area contributed by atoms with Crippen LogP contribution in [-0.2, 0) is 19.1 Å². The molecule has 2 aliphatic rings. The molecule has 3 aromatic heterocycles. The molecule has 1 unspecified atom stereocenters. The van der Waals surface area contributed by atoms with Crippen LogP contribution in [0.3, 0.4) is 0 Å². The fraction of sp³-hybridized carbons (Fsp3) is 0.250. The van der Waals surface area contributed by atoms with Crippen molar-refractivity contribution in [2.24, 2.45) is 5.73 Å². The Hall–Kier alpha value is -7.38. The monoisotopic (exact) mass is 803 g/mol. The highest BCUT2D eigenvalue weighted by atomic mass is 16.5. The van der Waals surface area contributed by atoms with Gasteiger partial charge in [0, 0.05) is 55.2 Å². The molecule has 2 aliphatic heterocycles. The SMILES string of the molecule is NC(=O)c1nn(-c2ccc(C(=O)CCCOCCOCCNc3cccc4c3C(=O)N(C3CCC(=O)NC3=O)C4=O)cc2)cc1NC(=O)c1coc(-c2ccncc2)n1. The fourth-order valence-corrected chi connectivity index (χ4v) is 6.49. The maximum absolute atomic E-state index is 13.2. The molecule has 0 radical (unpaired) electrons. The van der Waals surface area contributed by atoms with E-state index in [4.69, 9.17) is 19.6 Å². The number of Topliss-reactive ketones (excluding diaryl/α,β-unsaturated/α-hetero) is 1. The number of carbonyl (C=O) groups is 7. The Bertz CT molecular complexity index is 2430. The molecule has 1 saturated heterocycles. The van der Waals surface area contributed by atoms with Gasteiger partial charge < -0.3 is 30.3 Å². The number of aromatic nitrogens is 4. The van der Waals surface area contributed by atoms with Crippen LogP contribution in [0.4, 0.5) is 11.4 Å². The number of rotatable bonds is 18. The number of fused-ring (bicyclic) bond motifs is 1. The Morgan fingerprint density at radius 3 is 2.42 bits per heavy atom. The van der Waals surface area contributed by atoms with Gasteiger partial charge in [0.15, 0.2) is 17.2 Å². The number of nitrogens with two attached hydrogens (primary N) is 1. The summed E-state index contributed by atoms with van der Waals surface area (Å²) in [5.74, 6) is -3.66. The first-order valence-electron chi connectivity index (χ1n) is 18.5. The van der Waals surface area contributed by atoms with Crippen molar-refractivity contribution in [3.63, 3.8) is 0 Å². The second kappa shape index (κ2) is 17.8. The number of primary amides is 1. The molecule has 59 heavy (non-hydrogen) atoms. The van der Waals surface area contributed by atoms with Crippen LogP contribution in [0.5, 0.6) is 0 Å². The van der Waals surface area contributed by atoms with Gasteiger partial charge in [0.2, 0.25) is 17.7 Å². The Morgan fingerprint density at radius 2 is 1.68 bits per heavy atom. The van der Waals surface area contributed by atoms with Crippen LogP contribution in [0.25, 0.3) is 17.1 Å². The number of imide groups is 2. The van der Waals surface area contributed by atoms with Gasteiger partial charge in [0.05, 0.1) is 48.5 Å². The summed E-state index contributed by atoms with van der Waals surface area (Å²) >= 11 is 0. The van der Waals surface area contributed by atoms with Crippen LogP contribution < -0.4 is 21.7 Å². The lowest BCUT2D eigenvalue weighted by atomic mass is 10.0. The predicted molar refractivity (Wildman–Crippen MR) is 207 cm³/mol. The minimum absolute atomic E-state index is 0.0252. The lowest BCUT2D eigenvalue weighted by molar-refractivity contribution is -0.136. The number of benzene rings is 2. The number of hydrogen-bond donors (Lipinski definition) is 4. The zero-order valence-electron chi connectivity index (χ0n) is 31.3. The summed E-state index contributed by atoms with van der Waals surface area (Å²) < 4.78 is 18.0. The molecule has 7 rings (SSSR count). The molecule has 0 aliphatic carbocycles. The van der Waals surface area contributed by atoms with E-state index in [1.54, 1.807) is 60.9 Å². The first-order valence-corrected chi connectivity index (χ1v) is 18.5. The minimum atomic E-state index is -1.05. The van der Waals surface area contributed by atoms with E-state index in [1.807, 2.05) is 0 Å². The zero-order chi connectivity index (χ0) is 41.5. The third-order valence-electron chi connectivity index (χ3n) is 9.41. The smallest absolute Gasteiger partial charge is 0.277 e. The predicted octanol–water partition coefficient (Wildman–Crippen LogP) is 2.78. The minimum Gasteiger partial charge on any atom is -0.444 e. The van der Waals surface area contributed by atoms with Crippen molar-refractivity contribution >= 4 is 52.6 Å². The van der Waals surface area contributed by atoms with E-state index in [-0.39, 0.29) is 72.4 Å². The van der Waals surface area contributed by atoms with Gasteiger partial charge in [-0.1, -0.05) is 6.07 Å². The molecule has 1 atom stereocenters. The molecule has 5 aromatic rings. The van der Waals surface area contributed by atoms with Gasteiger partial charge in [-0.2, -0.15) is 5.10 Å². The van der Waals surface area contributed by atoms with E-state index in [0.29, 0.717) is 48.7 Å². The highest BCUT2D eigenvalue weighted by Crippen LogP contribution is 2.32. The number of pyridine rings is 1. The Kier molecular flexibility index (Phi) is 12.0. The van der Waals surface area contributed by atoms with Gasteiger partial charge in [-0.3, -0.25) is 48.8 Å². The van der Waals surface area contributed by atoms with Gasteiger partial charge >= 0.3 is 0 Å². The Labute approximate surface area is 335 Å². The molecule has 0 spiro atoms. The van der Waals surface area contributed by atoms with Crippen LogP contribution in [0, 0.1) is 0 Å². The Balaban J connectivity index is 0.810. The lowest BCUT2D eigenvalue weighted by Gasteiger charge is -2.27. The lowest BCUT2D eigenvalue weighted by Crippen LogP contribution is -2.54. The maximum atomic E-state index is 13.2. The average Bonchev–Trinajstić information content (AvgIpc) is 3.97. The third-order valence-corrected chi connectivity index (χ3v) is 9.41. The number of amides is 6. The molecule has 6 amide bonds. The second-order valence-electron chi connectivity index (χ2n) is 13.3. The van der Waals surface area contributed by atoms with Gasteiger partial charge in [0.25, 0.3) is 23.6 Å². The topological polar surface area (TPSA) is 260 Å². The Morgan fingerprint density at radius 1 is 0.915 bits per heavy atom. The van der Waals surface area contributed by atoms with Crippen molar-refractivity contribution < 1.29 is 47.5 Å². The summed E-state index contributed by atoms with van der Waals surface area (Å²) in [7, 11) is 0. The highest BCUT2D eigenvalue weighted by Gasteiger charge is 2.45. The van der Waals surface area contributed by atoms with Crippen molar-refractivity contribution in [2.45, 2.75) is 31.7 Å². The largest absolute Gasteiger partial charge is 0.444 e. The van der Waals surface area contributed by atoms with E-state index in [1.165, 1.54) is 23.2 Å². The van der Waals surface area contributed by atoms with Crippen molar-refractivity contribution in [1.82, 2.24) is 30.0 Å². The number of nitrogens with zero attached hydrogens (tertiary/aromatic N) is 5. The standard InChI is InChI=1S/C40H37N9O10/c41-35(52)34-28(44-36(53)29-22-59-38(45-29)24-12-14-42-15-13-24)21-48(47-34)25-8-6-23(7-9-25)31(50)5-2-17-57-19-20-58-18-16-43-27-4-1-3-26-33(27)40(56)49(39(26)55)30-10-11-32(51)46-37(30)54/h1,3-4,6-9,12-15,21-22,30,43H,2,5,10-11,16-20H2,(H2,41,52)(H,44,53)(H,46,51,54). The zero-order valence-corrected chi connectivity index (χ0v) is 31.3. The molecule has 2 aromatic carbocycles. The third kappa shape index (κ3) is 8.95. The van der Waals surface area contributed by atoms with Crippen molar-refractivity contribution in [3.8, 4) is 17.1 Å². The normalized spacial score (nSPS) is 14.9. The van der Waals surface area contributed by atoms with Crippen LogP contribution in [0.2, 0.25) is 0 Å². The van der Waals surface area contributed by atoms with E-state index in [9.17, 15) is 33.6 Å². The molecule has 302 valence electrons. The van der Waals surface area contributed by atoms with E-state index >= 15 is 0 Å². The summed E-state index contributed by atoms with van der Waals surface area (Å²) in [6.45, 7) is 1.51. The number of piperidine rings is 1. The van der Waals surface area contributed by atoms with E-state index < -0.39 is 41.5 Å². The molecule has 5 heterocycles. The maximum Gasteiger partial charge on any atom is 0.277 e. The summed E-state index contributed by atoms with van der Waals surface area (Å²) in [5, 5.41) is 12.1. The molecule has 5 N–H and O–H groups in total. The molecule has 0 saturated carbocycles. The number of anilines is 2. The number of carbonyl (C=O) groups excluding carboxylic acids is 7. The van der Waals surface area contributed by atoms with Crippen LogP contribution in [-0.4, -0.2) is 105 Å². The van der Waals surface area contributed by atoms with Gasteiger partial charge in [0.1, 0.15) is 12.3 Å². The van der Waals surface area contributed by atoms with Crippen molar-refractivity contribution in [2.75, 3.05) is 43.6 Å². The quantitative estimate of drug-likeness (QED) is 0.0564. The molecule has 0 bridgehead atoms. The number of ether oxygens (including phenoxy) is 2. The molecule has 19 heteroatoms. The van der Waals surface area contributed by atoms with Crippen LogP contribution in [0.15, 0.2) is 83.9 Å². The molecule has 1 fully saturated rings. The second-order valence-corrected chi connectivity index (χ2v) is 13.3. The van der Waals surface area contributed by atoms with Crippen LogP contribution in [0.1, 0.15) is 77.7 Å². The van der Waals surface area contributed by atoms with Gasteiger partial charge in [-0.15, -0.1) is 0 Å². The van der Waals surface area contributed by atoms with Gasteiger partial charge in [-0.25, -0.2) is 9.67 Å².